The second-order valence-electron chi connectivity index (χ2n) is 14.6. The zero-order chi connectivity index (χ0) is 38.7. The summed E-state index contributed by atoms with van der Waals surface area (Å²) in [7, 11) is 0. The van der Waals surface area contributed by atoms with E-state index in [1.165, 1.54) is 0 Å². The number of ether oxygens (including phenoxy) is 1. The van der Waals surface area contributed by atoms with E-state index in [1.54, 1.807) is 9.36 Å². The van der Waals surface area contributed by atoms with Crippen molar-refractivity contribution >= 4 is 27.6 Å². The van der Waals surface area contributed by atoms with Crippen LogP contribution in [-0.4, -0.2) is 69.5 Å². The first-order chi connectivity index (χ1) is 24.9. The van der Waals surface area contributed by atoms with Gasteiger partial charge in [-0.15, -0.1) is 0 Å². The zero-order valence-electron chi connectivity index (χ0n) is 31.7. The highest BCUT2D eigenvalue weighted by Crippen LogP contribution is 2.36. The van der Waals surface area contributed by atoms with Crippen molar-refractivity contribution in [1.29, 1.82) is 0 Å². The maximum atomic E-state index is 13.5. The second kappa shape index (κ2) is 16.8. The van der Waals surface area contributed by atoms with Gasteiger partial charge in [0.1, 0.15) is 11.6 Å². The lowest BCUT2D eigenvalue weighted by molar-refractivity contribution is -0.0366. The van der Waals surface area contributed by atoms with Gasteiger partial charge in [0.15, 0.2) is 0 Å². The Morgan fingerprint density at radius 1 is 0.660 bits per heavy atom. The average molecular weight is 808 g/mol. The van der Waals surface area contributed by atoms with Crippen LogP contribution >= 0.6 is 15.9 Å². The monoisotopic (exact) mass is 806 g/mol. The molecule has 2 atom stereocenters. The summed E-state index contributed by atoms with van der Waals surface area (Å²) in [5.41, 5.74) is 5.19. The topological polar surface area (TPSA) is 120 Å². The van der Waals surface area contributed by atoms with E-state index in [0.717, 1.165) is 34.2 Å². The Hall–Kier alpha value is -3.66. The first-order valence-electron chi connectivity index (χ1n) is 18.3. The molecule has 16 heteroatoms. The molecule has 4 aromatic rings. The van der Waals surface area contributed by atoms with Gasteiger partial charge >= 0.3 is 0 Å². The normalized spacial score (nSPS) is 18.7. The van der Waals surface area contributed by atoms with Gasteiger partial charge in [-0.25, -0.2) is 36.9 Å². The first kappa shape index (κ1) is 40.5. The van der Waals surface area contributed by atoms with Gasteiger partial charge in [0.05, 0.1) is 39.8 Å². The maximum Gasteiger partial charge on any atom is 0.253 e. The lowest BCUT2D eigenvalue weighted by Crippen LogP contribution is -2.32. The maximum absolute atomic E-state index is 13.5. The van der Waals surface area contributed by atoms with E-state index in [0.29, 0.717) is 49.2 Å². The molecule has 11 nitrogen and oxygen atoms in total. The summed E-state index contributed by atoms with van der Waals surface area (Å²) in [4.78, 5) is 18.4. The number of anilines is 2. The molecule has 0 saturated heterocycles. The predicted octanol–water partition coefficient (Wildman–Crippen LogP) is 9.48. The zero-order valence-corrected chi connectivity index (χ0v) is 33.3. The van der Waals surface area contributed by atoms with E-state index in [4.69, 9.17) is 4.74 Å². The molecule has 2 fully saturated rings. The van der Waals surface area contributed by atoms with Gasteiger partial charge in [-0.05, 0) is 93.2 Å². The van der Waals surface area contributed by atoms with Crippen LogP contribution in [0.25, 0.3) is 11.9 Å². The average Bonchev–Trinajstić information content (AvgIpc) is 3.61. The minimum atomic E-state index is -2.55. The highest BCUT2D eigenvalue weighted by atomic mass is 79.9. The molecule has 6 rings (SSSR count). The molecule has 0 spiro atoms. The minimum Gasteiger partial charge on any atom is -0.370 e. The number of halogens is 5. The molecule has 290 valence electrons. The van der Waals surface area contributed by atoms with Crippen molar-refractivity contribution in [3.8, 4) is 11.9 Å². The van der Waals surface area contributed by atoms with E-state index in [2.05, 4.69) is 56.7 Å². The molecule has 0 aliphatic heterocycles. The van der Waals surface area contributed by atoms with Gasteiger partial charge in [0, 0.05) is 61.3 Å². The molecule has 2 aliphatic rings. The lowest BCUT2D eigenvalue weighted by atomic mass is 9.92. The third-order valence-electron chi connectivity index (χ3n) is 9.30. The van der Waals surface area contributed by atoms with Crippen molar-refractivity contribution in [2.75, 3.05) is 10.6 Å². The molecule has 2 aliphatic carbocycles. The number of hydrogen-bond acceptors (Lipinski definition) is 9. The predicted molar refractivity (Wildman–Crippen MR) is 201 cm³/mol. The second-order valence-corrected chi connectivity index (χ2v) is 16.0. The number of nitrogens with one attached hydrogen (secondary N) is 2. The van der Waals surface area contributed by atoms with Crippen LogP contribution in [0.3, 0.4) is 0 Å². The molecular formula is C37H51BrF4N10O. The Morgan fingerprint density at radius 3 is 1.42 bits per heavy atom. The van der Waals surface area contributed by atoms with Crippen LogP contribution in [0.2, 0.25) is 0 Å². The molecule has 0 bridgehead atoms. The molecular weight excluding hydrogens is 756 g/mol. The third-order valence-corrected chi connectivity index (χ3v) is 9.77. The molecule has 0 amide bonds. The van der Waals surface area contributed by atoms with Gasteiger partial charge in [0.25, 0.3) is 11.9 Å². The molecule has 2 N–H and O–H groups in total. The molecule has 2 saturated carbocycles. The van der Waals surface area contributed by atoms with Crippen LogP contribution in [0.1, 0.15) is 124 Å². The summed E-state index contributed by atoms with van der Waals surface area (Å²) in [6.07, 6.45) is 1.17. The summed E-state index contributed by atoms with van der Waals surface area (Å²) in [5, 5.41) is 15.5. The van der Waals surface area contributed by atoms with Gasteiger partial charge in [-0.2, -0.15) is 20.2 Å². The van der Waals surface area contributed by atoms with Crippen LogP contribution in [0.5, 0.6) is 0 Å². The number of aryl methyl sites for hydroxylation is 4. The fourth-order valence-electron chi connectivity index (χ4n) is 6.58. The summed E-state index contributed by atoms with van der Waals surface area (Å²) in [6, 6.07) is 7.60. The Balaban J connectivity index is 0.000000206. The fourth-order valence-corrected chi connectivity index (χ4v) is 6.82. The van der Waals surface area contributed by atoms with Crippen molar-refractivity contribution in [3.63, 3.8) is 0 Å². The number of nitrogens with zero attached hydrogens (tertiary/aromatic N) is 8. The van der Waals surface area contributed by atoms with Gasteiger partial charge in [-0.1, -0.05) is 15.9 Å². The Labute approximate surface area is 317 Å². The lowest BCUT2D eigenvalue weighted by Gasteiger charge is -2.29. The molecule has 0 radical (unpaired) electrons. The van der Waals surface area contributed by atoms with Crippen molar-refractivity contribution in [2.45, 2.75) is 148 Å². The van der Waals surface area contributed by atoms with E-state index < -0.39 is 11.8 Å². The SMILES string of the molecule is Cc1cc(C)n(-c2nc(NC3CCC(F)(F)CC3)cc(C(C)Br)n2)n1.Cc1cc(C)n(-c2nc(NC3CCC(F)(F)CC3)cc(C(C)OC(C)C)n2)n1. The summed E-state index contributed by atoms with van der Waals surface area (Å²) >= 11 is 3.54. The van der Waals surface area contributed by atoms with E-state index in [1.807, 2.05) is 79.7 Å². The van der Waals surface area contributed by atoms with Gasteiger partial charge < -0.3 is 15.4 Å². The third kappa shape index (κ3) is 11.2. The van der Waals surface area contributed by atoms with Gasteiger partial charge in [0.2, 0.25) is 11.8 Å². The van der Waals surface area contributed by atoms with Crippen molar-refractivity contribution in [3.05, 3.63) is 58.4 Å². The largest absolute Gasteiger partial charge is 0.370 e. The van der Waals surface area contributed by atoms with Crippen LogP contribution in [0.15, 0.2) is 24.3 Å². The Bertz CT molecular complexity index is 1830. The molecule has 53 heavy (non-hydrogen) atoms. The molecule has 4 heterocycles. The number of aromatic nitrogens is 8. The summed E-state index contributed by atoms with van der Waals surface area (Å²) < 4.78 is 62.9. The van der Waals surface area contributed by atoms with E-state index >= 15 is 0 Å². The Morgan fingerprint density at radius 2 is 1.06 bits per heavy atom. The molecule has 4 aromatic heterocycles. The quantitative estimate of drug-likeness (QED) is 0.119. The number of alkyl halides is 5. The molecule has 0 aromatic carbocycles. The van der Waals surface area contributed by atoms with Crippen LogP contribution < -0.4 is 10.6 Å². The smallest absolute Gasteiger partial charge is 0.253 e. The van der Waals surface area contributed by atoms with E-state index in [9.17, 15) is 17.6 Å². The van der Waals surface area contributed by atoms with E-state index in [-0.39, 0.29) is 54.8 Å². The molecule has 2 unspecified atom stereocenters. The Kier molecular flexibility index (Phi) is 12.8. The van der Waals surface area contributed by atoms with Crippen molar-refractivity contribution in [1.82, 2.24) is 39.5 Å². The van der Waals surface area contributed by atoms with Crippen LogP contribution in [0.4, 0.5) is 29.2 Å². The highest BCUT2D eigenvalue weighted by Gasteiger charge is 2.36. The number of hydrogen-bond donors (Lipinski definition) is 2. The highest BCUT2D eigenvalue weighted by molar-refractivity contribution is 9.09. The summed E-state index contributed by atoms with van der Waals surface area (Å²) in [6.45, 7) is 15.6. The number of rotatable bonds is 10. The summed E-state index contributed by atoms with van der Waals surface area (Å²) in [5.74, 6) is -2.89. The van der Waals surface area contributed by atoms with Crippen molar-refractivity contribution < 1.29 is 22.3 Å². The standard InChI is InChI=1S/C20H29F2N5O.C17H22BrF2N5/c1-12(2)28-15(5)17-11-18(23-16-6-8-20(21,22)9-7-16)25-19(24-17)27-14(4)10-13(3)26-27;1-10-8-11(2)25(24-10)16-22-14(12(3)18)9-15(23-16)21-13-4-6-17(19,20)7-5-13/h10-12,15-16H,6-9H2,1-5H3,(H,23,24,25);8-9,12-13H,4-7H2,1-3H3,(H,21,22,23). The first-order valence-corrected chi connectivity index (χ1v) is 19.2. The van der Waals surface area contributed by atoms with Crippen molar-refractivity contribution in [2.24, 2.45) is 0 Å². The van der Waals surface area contributed by atoms with Crippen LogP contribution in [-0.2, 0) is 4.74 Å². The fraction of sp³-hybridized carbons (Fsp3) is 0.622. The minimum absolute atomic E-state index is 0.00121. The van der Waals surface area contributed by atoms with Gasteiger partial charge in [-0.3, -0.25) is 0 Å². The van der Waals surface area contributed by atoms with Crippen LogP contribution in [0, 0.1) is 27.7 Å².